The summed E-state index contributed by atoms with van der Waals surface area (Å²) in [7, 11) is 1.74. The Morgan fingerprint density at radius 1 is 1.32 bits per heavy atom. The van der Waals surface area contributed by atoms with E-state index in [9.17, 15) is 9.59 Å². The van der Waals surface area contributed by atoms with Crippen LogP contribution in [-0.2, 0) is 11.8 Å². The van der Waals surface area contributed by atoms with Crippen molar-refractivity contribution in [3.8, 4) is 11.3 Å². The van der Waals surface area contributed by atoms with Crippen LogP contribution in [0, 0.1) is 0 Å². The quantitative estimate of drug-likeness (QED) is 0.751. The number of fused-ring (bicyclic) bond motifs is 1. The molecule has 0 saturated carbocycles. The molecule has 0 radical (unpaired) electrons. The van der Waals surface area contributed by atoms with Gasteiger partial charge in [-0.1, -0.05) is 30.3 Å². The number of ether oxygens (including phenoxy) is 1. The first-order valence-corrected chi connectivity index (χ1v) is 6.94. The molecule has 0 aliphatic carbocycles. The Kier molecular flexibility index (Phi) is 3.50. The molecule has 22 heavy (non-hydrogen) atoms. The van der Waals surface area contributed by atoms with E-state index in [0.29, 0.717) is 16.7 Å². The number of benzene rings is 1. The Morgan fingerprint density at radius 3 is 2.73 bits per heavy atom. The van der Waals surface area contributed by atoms with Gasteiger partial charge < -0.3 is 9.72 Å². The predicted octanol–water partition coefficient (Wildman–Crippen LogP) is 2.11. The summed E-state index contributed by atoms with van der Waals surface area (Å²) in [6, 6.07) is 9.39. The number of nitrogens with zero attached hydrogens (tertiary/aromatic N) is 2. The Hall–Kier alpha value is -2.89. The van der Waals surface area contributed by atoms with Gasteiger partial charge in [0.15, 0.2) is 0 Å². The maximum Gasteiger partial charge on any atom is 0.343 e. The average Bonchev–Trinajstić information content (AvgIpc) is 2.87. The van der Waals surface area contributed by atoms with Crippen LogP contribution in [0.1, 0.15) is 17.3 Å². The molecular weight excluding hydrogens is 282 g/mol. The molecule has 0 amide bonds. The van der Waals surface area contributed by atoms with E-state index >= 15 is 0 Å². The van der Waals surface area contributed by atoms with Gasteiger partial charge in [0, 0.05) is 18.8 Å². The van der Waals surface area contributed by atoms with Crippen molar-refractivity contribution < 1.29 is 9.53 Å². The lowest BCUT2D eigenvalue weighted by Crippen LogP contribution is -2.18. The van der Waals surface area contributed by atoms with E-state index < -0.39 is 5.97 Å². The first-order chi connectivity index (χ1) is 10.6. The van der Waals surface area contributed by atoms with Crippen LogP contribution in [0.3, 0.4) is 0 Å². The van der Waals surface area contributed by atoms with Crippen LogP contribution < -0.4 is 5.43 Å². The minimum Gasteiger partial charge on any atom is -0.462 e. The second-order valence-corrected chi connectivity index (χ2v) is 4.81. The summed E-state index contributed by atoms with van der Waals surface area (Å²) in [6.07, 6.45) is 1.37. The fourth-order valence-electron chi connectivity index (χ4n) is 2.40. The Bertz CT molecular complexity index is 894. The number of hydrogen-bond donors (Lipinski definition) is 1. The van der Waals surface area contributed by atoms with Crippen LogP contribution in [0.5, 0.6) is 0 Å². The van der Waals surface area contributed by atoms with E-state index in [4.69, 9.17) is 4.74 Å². The zero-order valence-electron chi connectivity index (χ0n) is 12.3. The van der Waals surface area contributed by atoms with E-state index in [1.165, 1.54) is 6.20 Å². The molecule has 0 spiro atoms. The van der Waals surface area contributed by atoms with Gasteiger partial charge in [0.25, 0.3) is 0 Å². The largest absolute Gasteiger partial charge is 0.462 e. The second kappa shape index (κ2) is 5.48. The van der Waals surface area contributed by atoms with Crippen LogP contribution >= 0.6 is 0 Å². The lowest BCUT2D eigenvalue weighted by atomic mass is 10.1. The molecule has 6 nitrogen and oxygen atoms in total. The van der Waals surface area contributed by atoms with Crippen molar-refractivity contribution in [1.29, 1.82) is 0 Å². The van der Waals surface area contributed by atoms with Gasteiger partial charge in [0.1, 0.15) is 16.9 Å². The van der Waals surface area contributed by atoms with Gasteiger partial charge in [-0.15, -0.1) is 0 Å². The number of aryl methyl sites for hydroxylation is 1. The van der Waals surface area contributed by atoms with Gasteiger partial charge in [-0.3, -0.25) is 9.48 Å². The van der Waals surface area contributed by atoms with Gasteiger partial charge in [-0.2, -0.15) is 5.10 Å². The fourth-order valence-corrected chi connectivity index (χ4v) is 2.40. The number of hydrogen-bond acceptors (Lipinski definition) is 4. The third-order valence-electron chi connectivity index (χ3n) is 3.41. The molecule has 1 aromatic carbocycles. The summed E-state index contributed by atoms with van der Waals surface area (Å²) in [5.74, 6) is -0.631. The Balaban J connectivity index is 2.29. The van der Waals surface area contributed by atoms with E-state index in [2.05, 4.69) is 10.1 Å². The molecule has 0 aliphatic heterocycles. The summed E-state index contributed by atoms with van der Waals surface area (Å²) in [4.78, 5) is 27.5. The number of rotatable bonds is 3. The Morgan fingerprint density at radius 2 is 2.05 bits per heavy atom. The van der Waals surface area contributed by atoms with Crippen molar-refractivity contribution in [2.24, 2.45) is 7.05 Å². The SMILES string of the molecule is CCOC(=O)c1c[nH]c2c(c(-c3ccccc3)nn2C)c1=O. The highest BCUT2D eigenvalue weighted by Gasteiger charge is 2.20. The van der Waals surface area contributed by atoms with E-state index in [1.54, 1.807) is 18.7 Å². The molecule has 0 atom stereocenters. The predicted molar refractivity (Wildman–Crippen MR) is 82.7 cm³/mol. The highest BCUT2D eigenvalue weighted by Crippen LogP contribution is 2.24. The van der Waals surface area contributed by atoms with Gasteiger partial charge in [-0.25, -0.2) is 4.79 Å². The van der Waals surface area contributed by atoms with Crippen molar-refractivity contribution in [3.63, 3.8) is 0 Å². The molecule has 2 aromatic heterocycles. The third kappa shape index (κ3) is 2.18. The molecule has 6 heteroatoms. The average molecular weight is 297 g/mol. The number of esters is 1. The summed E-state index contributed by atoms with van der Waals surface area (Å²) in [6.45, 7) is 1.92. The maximum atomic E-state index is 12.7. The van der Waals surface area contributed by atoms with Gasteiger partial charge in [0.05, 0.1) is 12.0 Å². The summed E-state index contributed by atoms with van der Waals surface area (Å²) in [5.41, 5.74) is 1.54. The normalized spacial score (nSPS) is 10.8. The van der Waals surface area contributed by atoms with Gasteiger partial charge >= 0.3 is 5.97 Å². The second-order valence-electron chi connectivity index (χ2n) is 4.81. The van der Waals surface area contributed by atoms with Gasteiger partial charge in [-0.05, 0) is 6.92 Å². The van der Waals surface area contributed by atoms with E-state index in [-0.39, 0.29) is 17.6 Å². The van der Waals surface area contributed by atoms with E-state index in [1.807, 2.05) is 30.3 Å². The van der Waals surface area contributed by atoms with Crippen molar-refractivity contribution in [2.45, 2.75) is 6.92 Å². The highest BCUT2D eigenvalue weighted by molar-refractivity contribution is 5.97. The van der Waals surface area contributed by atoms with Gasteiger partial charge in [0.2, 0.25) is 5.43 Å². The monoisotopic (exact) mass is 297 g/mol. The van der Waals surface area contributed by atoms with Crippen LogP contribution in [0.15, 0.2) is 41.3 Å². The standard InChI is InChI=1S/C16H15N3O3/c1-3-22-16(21)11-9-17-15-12(14(11)20)13(18-19(15)2)10-7-5-4-6-8-10/h4-9H,3H2,1-2H3,(H,17,20). The first-order valence-electron chi connectivity index (χ1n) is 6.94. The molecule has 2 heterocycles. The molecule has 0 bridgehead atoms. The minimum absolute atomic E-state index is 0.0143. The smallest absolute Gasteiger partial charge is 0.343 e. The van der Waals surface area contributed by atoms with Crippen molar-refractivity contribution in [2.75, 3.05) is 6.61 Å². The van der Waals surface area contributed by atoms with Crippen molar-refractivity contribution in [1.82, 2.24) is 14.8 Å². The fraction of sp³-hybridized carbons (Fsp3) is 0.188. The van der Waals surface area contributed by atoms with Crippen LogP contribution in [-0.4, -0.2) is 27.3 Å². The number of carbonyl (C=O) groups excluding carboxylic acids is 1. The lowest BCUT2D eigenvalue weighted by Gasteiger charge is -2.02. The lowest BCUT2D eigenvalue weighted by molar-refractivity contribution is 0.0524. The number of carbonyl (C=O) groups is 1. The molecule has 0 unspecified atom stereocenters. The zero-order chi connectivity index (χ0) is 15.7. The highest BCUT2D eigenvalue weighted by atomic mass is 16.5. The number of aromatic amines is 1. The first kappa shape index (κ1) is 14.1. The molecule has 3 aromatic rings. The van der Waals surface area contributed by atoms with Crippen LogP contribution in [0.25, 0.3) is 22.3 Å². The molecular formula is C16H15N3O3. The summed E-state index contributed by atoms with van der Waals surface area (Å²) < 4.78 is 6.52. The molecule has 0 aliphatic rings. The zero-order valence-corrected chi connectivity index (χ0v) is 12.3. The van der Waals surface area contributed by atoms with Crippen molar-refractivity contribution in [3.05, 3.63) is 52.3 Å². The number of aromatic nitrogens is 3. The number of H-pyrrole nitrogens is 1. The maximum absolute atomic E-state index is 12.7. The minimum atomic E-state index is -0.631. The molecule has 112 valence electrons. The summed E-state index contributed by atoms with van der Waals surface area (Å²) >= 11 is 0. The molecule has 1 N–H and O–H groups in total. The van der Waals surface area contributed by atoms with Crippen LogP contribution in [0.2, 0.25) is 0 Å². The van der Waals surface area contributed by atoms with Crippen LogP contribution in [0.4, 0.5) is 0 Å². The summed E-state index contributed by atoms with van der Waals surface area (Å²) in [5, 5.41) is 4.79. The van der Waals surface area contributed by atoms with E-state index in [0.717, 1.165) is 5.56 Å². The third-order valence-corrected chi connectivity index (χ3v) is 3.41. The Labute approximate surface area is 126 Å². The molecule has 0 saturated heterocycles. The molecule has 3 rings (SSSR count). The number of nitrogens with one attached hydrogen (secondary N) is 1. The number of pyridine rings is 1. The topological polar surface area (TPSA) is 77.0 Å². The molecule has 0 fully saturated rings. The van der Waals surface area contributed by atoms with Crippen molar-refractivity contribution >= 4 is 17.0 Å².